The first-order valence-electron chi connectivity index (χ1n) is 8.52. The van der Waals surface area contributed by atoms with Gasteiger partial charge in [0.15, 0.2) is 5.78 Å². The molecule has 1 amide bonds. The largest absolute Gasteiger partial charge is 0.356 e. The van der Waals surface area contributed by atoms with Crippen LogP contribution in [-0.2, 0) is 11.2 Å². The number of hydrogen-bond donors (Lipinski definition) is 2. The molecule has 0 aliphatic carbocycles. The van der Waals surface area contributed by atoms with Crippen LogP contribution < -0.4 is 5.32 Å². The van der Waals surface area contributed by atoms with Crippen LogP contribution in [0.1, 0.15) is 34.6 Å². The Morgan fingerprint density at radius 3 is 2.65 bits per heavy atom. The zero-order chi connectivity index (χ0) is 18.5. The molecule has 26 heavy (non-hydrogen) atoms. The summed E-state index contributed by atoms with van der Waals surface area (Å²) in [6.45, 7) is 2.36. The number of aromatic amines is 1. The van der Waals surface area contributed by atoms with E-state index >= 15 is 0 Å². The number of ketones is 1. The SMILES string of the molecule is Cc1ccc(C(=O)CCC(=O)NCCc2nc3ccc(F)cc3[nH]2)cc1. The number of carbonyl (C=O) groups is 2. The van der Waals surface area contributed by atoms with Gasteiger partial charge < -0.3 is 10.3 Å². The number of hydrogen-bond acceptors (Lipinski definition) is 3. The van der Waals surface area contributed by atoms with Crippen LogP contribution >= 0.6 is 0 Å². The van der Waals surface area contributed by atoms with Gasteiger partial charge >= 0.3 is 0 Å². The zero-order valence-corrected chi connectivity index (χ0v) is 14.5. The van der Waals surface area contributed by atoms with Crippen molar-refractivity contribution in [3.8, 4) is 0 Å². The highest BCUT2D eigenvalue weighted by atomic mass is 19.1. The van der Waals surface area contributed by atoms with Gasteiger partial charge in [0.1, 0.15) is 11.6 Å². The Morgan fingerprint density at radius 2 is 1.88 bits per heavy atom. The molecular weight excluding hydrogens is 333 g/mol. The van der Waals surface area contributed by atoms with E-state index in [-0.39, 0.29) is 30.3 Å². The molecule has 0 saturated carbocycles. The first kappa shape index (κ1) is 17.8. The van der Waals surface area contributed by atoms with Crippen LogP contribution in [0.5, 0.6) is 0 Å². The lowest BCUT2D eigenvalue weighted by molar-refractivity contribution is -0.121. The smallest absolute Gasteiger partial charge is 0.220 e. The Labute approximate surface area is 150 Å². The van der Waals surface area contributed by atoms with E-state index in [0.717, 1.165) is 5.56 Å². The molecule has 3 rings (SSSR count). The third-order valence-electron chi connectivity index (χ3n) is 4.13. The molecule has 2 aromatic carbocycles. The Morgan fingerprint density at radius 1 is 1.12 bits per heavy atom. The van der Waals surface area contributed by atoms with Crippen molar-refractivity contribution in [1.82, 2.24) is 15.3 Å². The molecule has 2 N–H and O–H groups in total. The molecule has 3 aromatic rings. The molecule has 0 radical (unpaired) electrons. The first-order chi connectivity index (χ1) is 12.5. The van der Waals surface area contributed by atoms with Crippen molar-refractivity contribution in [2.24, 2.45) is 0 Å². The van der Waals surface area contributed by atoms with Gasteiger partial charge in [0.25, 0.3) is 0 Å². The fraction of sp³-hybridized carbons (Fsp3) is 0.250. The standard InChI is InChI=1S/C20H20FN3O2/c1-13-2-4-14(5-3-13)18(25)8-9-20(26)22-11-10-19-23-16-7-6-15(21)12-17(16)24-19/h2-7,12H,8-11H2,1H3,(H,22,26)(H,23,24). The zero-order valence-electron chi connectivity index (χ0n) is 14.5. The molecule has 0 fully saturated rings. The Balaban J connectivity index is 1.43. The number of fused-ring (bicyclic) bond motifs is 1. The average Bonchev–Trinajstić information content (AvgIpc) is 3.02. The molecule has 5 nitrogen and oxygen atoms in total. The number of nitrogens with zero attached hydrogens (tertiary/aromatic N) is 1. The van der Waals surface area contributed by atoms with Gasteiger partial charge in [0.05, 0.1) is 11.0 Å². The first-order valence-corrected chi connectivity index (χ1v) is 8.52. The number of imidazole rings is 1. The molecule has 0 aliphatic rings. The van der Waals surface area contributed by atoms with Crippen LogP contribution in [-0.4, -0.2) is 28.2 Å². The number of aromatic nitrogens is 2. The highest BCUT2D eigenvalue weighted by Crippen LogP contribution is 2.13. The summed E-state index contributed by atoms with van der Waals surface area (Å²) in [6.07, 6.45) is 0.838. The van der Waals surface area contributed by atoms with Crippen molar-refractivity contribution in [1.29, 1.82) is 0 Å². The number of H-pyrrole nitrogens is 1. The molecule has 0 bridgehead atoms. The van der Waals surface area contributed by atoms with E-state index < -0.39 is 0 Å². The lowest BCUT2D eigenvalue weighted by Crippen LogP contribution is -2.26. The summed E-state index contributed by atoms with van der Waals surface area (Å²) in [7, 11) is 0. The van der Waals surface area contributed by atoms with Crippen LogP contribution in [0.25, 0.3) is 11.0 Å². The fourth-order valence-corrected chi connectivity index (χ4v) is 2.67. The van der Waals surface area contributed by atoms with Gasteiger partial charge in [-0.2, -0.15) is 0 Å². The Kier molecular flexibility index (Phi) is 5.41. The lowest BCUT2D eigenvalue weighted by Gasteiger charge is -2.04. The second-order valence-corrected chi connectivity index (χ2v) is 6.23. The van der Waals surface area contributed by atoms with Gasteiger partial charge in [-0.1, -0.05) is 29.8 Å². The molecule has 0 unspecified atom stereocenters. The quantitative estimate of drug-likeness (QED) is 0.640. The van der Waals surface area contributed by atoms with E-state index in [1.54, 1.807) is 18.2 Å². The van der Waals surface area contributed by atoms with Crippen LogP contribution in [0.15, 0.2) is 42.5 Å². The fourth-order valence-electron chi connectivity index (χ4n) is 2.67. The van der Waals surface area contributed by atoms with E-state index in [0.29, 0.717) is 35.4 Å². The van der Waals surface area contributed by atoms with Gasteiger partial charge in [-0.05, 0) is 25.1 Å². The highest BCUT2D eigenvalue weighted by Gasteiger charge is 2.10. The highest BCUT2D eigenvalue weighted by molar-refractivity contribution is 5.97. The summed E-state index contributed by atoms with van der Waals surface area (Å²) in [6, 6.07) is 11.7. The maximum Gasteiger partial charge on any atom is 0.220 e. The van der Waals surface area contributed by atoms with Gasteiger partial charge in [-0.15, -0.1) is 0 Å². The minimum Gasteiger partial charge on any atom is -0.356 e. The van der Waals surface area contributed by atoms with Crippen molar-refractivity contribution in [2.45, 2.75) is 26.2 Å². The monoisotopic (exact) mass is 353 g/mol. The molecule has 0 spiro atoms. The third-order valence-corrected chi connectivity index (χ3v) is 4.13. The van der Waals surface area contributed by atoms with E-state index in [9.17, 15) is 14.0 Å². The summed E-state index contributed by atoms with van der Waals surface area (Å²) in [5, 5.41) is 2.78. The van der Waals surface area contributed by atoms with Gasteiger partial charge in [-0.25, -0.2) is 9.37 Å². The van der Waals surface area contributed by atoms with Gasteiger partial charge in [0.2, 0.25) is 5.91 Å². The Bertz CT molecular complexity index is 932. The lowest BCUT2D eigenvalue weighted by atomic mass is 10.1. The number of rotatable bonds is 7. The predicted molar refractivity (Wildman–Crippen MR) is 97.5 cm³/mol. The summed E-state index contributed by atoms with van der Waals surface area (Å²) in [4.78, 5) is 31.3. The molecule has 0 aliphatic heterocycles. The van der Waals surface area contributed by atoms with E-state index in [2.05, 4.69) is 15.3 Å². The molecular formula is C20H20FN3O2. The molecule has 134 valence electrons. The normalized spacial score (nSPS) is 10.8. The number of halogens is 1. The summed E-state index contributed by atoms with van der Waals surface area (Å²) >= 11 is 0. The second-order valence-electron chi connectivity index (χ2n) is 6.23. The number of aryl methyl sites for hydroxylation is 1. The topological polar surface area (TPSA) is 74.8 Å². The van der Waals surface area contributed by atoms with E-state index in [1.807, 2.05) is 19.1 Å². The second kappa shape index (κ2) is 7.91. The Hall–Kier alpha value is -3.02. The van der Waals surface area contributed by atoms with Crippen molar-refractivity contribution >= 4 is 22.7 Å². The number of benzene rings is 2. The van der Waals surface area contributed by atoms with Crippen LogP contribution in [0.3, 0.4) is 0 Å². The van der Waals surface area contributed by atoms with E-state index in [1.165, 1.54) is 12.1 Å². The van der Waals surface area contributed by atoms with Crippen molar-refractivity contribution < 1.29 is 14.0 Å². The van der Waals surface area contributed by atoms with Crippen LogP contribution in [0.4, 0.5) is 4.39 Å². The maximum absolute atomic E-state index is 13.2. The molecule has 0 saturated heterocycles. The summed E-state index contributed by atoms with van der Waals surface area (Å²) in [5.74, 6) is 0.146. The summed E-state index contributed by atoms with van der Waals surface area (Å²) in [5.41, 5.74) is 3.04. The minimum atomic E-state index is -0.320. The van der Waals surface area contributed by atoms with Crippen LogP contribution in [0, 0.1) is 12.7 Å². The number of carbonyl (C=O) groups excluding carboxylic acids is 2. The van der Waals surface area contributed by atoms with E-state index in [4.69, 9.17) is 0 Å². The number of amides is 1. The van der Waals surface area contributed by atoms with Crippen LogP contribution in [0.2, 0.25) is 0 Å². The molecule has 0 atom stereocenters. The van der Waals surface area contributed by atoms with Gasteiger partial charge in [-0.3, -0.25) is 9.59 Å². The molecule has 1 aromatic heterocycles. The predicted octanol–water partition coefficient (Wildman–Crippen LogP) is 3.33. The van der Waals surface area contributed by atoms with Crippen molar-refractivity contribution in [2.75, 3.05) is 6.54 Å². The molecule has 1 heterocycles. The van der Waals surface area contributed by atoms with Crippen molar-refractivity contribution in [3.05, 3.63) is 65.2 Å². The third kappa shape index (κ3) is 4.53. The average molecular weight is 353 g/mol. The van der Waals surface area contributed by atoms with Gasteiger partial charge in [0, 0.05) is 31.4 Å². The number of nitrogens with one attached hydrogen (secondary N) is 2. The number of Topliss-reactive ketones (excluding diaryl/α,β-unsaturated/α-hetero) is 1. The van der Waals surface area contributed by atoms with Crippen molar-refractivity contribution in [3.63, 3.8) is 0 Å². The summed E-state index contributed by atoms with van der Waals surface area (Å²) < 4.78 is 13.2. The minimum absolute atomic E-state index is 0.0422. The maximum atomic E-state index is 13.2. The molecule has 6 heteroatoms.